The van der Waals surface area contributed by atoms with E-state index in [4.69, 9.17) is 16.3 Å². The fraction of sp³-hybridized carbons (Fsp3) is 0.333. The Hall–Kier alpha value is -1.11. The van der Waals surface area contributed by atoms with Gasteiger partial charge in [-0.25, -0.2) is 4.39 Å². The second kappa shape index (κ2) is 6.88. The number of benzene rings is 1. The number of aromatic nitrogens is 3. The average molecular weight is 302 g/mol. The fourth-order valence-corrected chi connectivity index (χ4v) is 2.61. The maximum absolute atomic E-state index is 13.7. The van der Waals surface area contributed by atoms with Crippen LogP contribution in [0.1, 0.15) is 5.56 Å². The molecule has 1 aromatic heterocycles. The van der Waals surface area contributed by atoms with E-state index in [0.29, 0.717) is 24.5 Å². The molecular formula is C12H13ClFN3OS. The second-order valence-electron chi connectivity index (χ2n) is 3.80. The number of ether oxygens (including phenoxy) is 1. The molecule has 7 heteroatoms. The van der Waals surface area contributed by atoms with Crippen molar-refractivity contribution in [3.63, 3.8) is 0 Å². The number of methoxy groups -OCH3 is 1. The lowest BCUT2D eigenvalue weighted by Gasteiger charge is -2.06. The molecule has 0 amide bonds. The lowest BCUT2D eigenvalue weighted by atomic mass is 10.2. The first kappa shape index (κ1) is 14.3. The van der Waals surface area contributed by atoms with Gasteiger partial charge in [-0.1, -0.05) is 35.5 Å². The van der Waals surface area contributed by atoms with Crippen molar-refractivity contribution >= 4 is 23.4 Å². The first-order valence-electron chi connectivity index (χ1n) is 5.65. The SMILES string of the molecule is COCCn1cnnc1SCc1cccc(Cl)c1F. The number of hydrogen-bond donors (Lipinski definition) is 0. The van der Waals surface area contributed by atoms with Gasteiger partial charge in [-0.05, 0) is 11.6 Å². The summed E-state index contributed by atoms with van der Waals surface area (Å²) in [5.41, 5.74) is 0.554. The van der Waals surface area contributed by atoms with E-state index in [1.165, 1.54) is 17.8 Å². The fourth-order valence-electron chi connectivity index (χ4n) is 1.50. The first-order valence-corrected chi connectivity index (χ1v) is 7.01. The Morgan fingerprint density at radius 3 is 3.11 bits per heavy atom. The van der Waals surface area contributed by atoms with Crippen LogP contribution in [0.3, 0.4) is 0 Å². The zero-order valence-corrected chi connectivity index (χ0v) is 11.9. The molecule has 1 aromatic carbocycles. The van der Waals surface area contributed by atoms with Gasteiger partial charge in [-0.3, -0.25) is 0 Å². The Kier molecular flexibility index (Phi) is 5.18. The molecular weight excluding hydrogens is 289 g/mol. The Labute approximate surface area is 119 Å². The van der Waals surface area contributed by atoms with Gasteiger partial charge in [0.05, 0.1) is 11.6 Å². The Balaban J connectivity index is 2.02. The number of thioether (sulfide) groups is 1. The van der Waals surface area contributed by atoms with E-state index in [-0.39, 0.29) is 10.8 Å². The van der Waals surface area contributed by atoms with Gasteiger partial charge >= 0.3 is 0 Å². The highest BCUT2D eigenvalue weighted by molar-refractivity contribution is 7.98. The minimum absolute atomic E-state index is 0.138. The third kappa shape index (κ3) is 3.68. The molecule has 0 fully saturated rings. The van der Waals surface area contributed by atoms with E-state index in [1.54, 1.807) is 25.6 Å². The molecule has 0 aliphatic carbocycles. The third-order valence-corrected chi connectivity index (χ3v) is 3.83. The summed E-state index contributed by atoms with van der Waals surface area (Å²) < 4.78 is 20.6. The summed E-state index contributed by atoms with van der Waals surface area (Å²) >= 11 is 7.16. The lowest BCUT2D eigenvalue weighted by Crippen LogP contribution is -2.04. The van der Waals surface area contributed by atoms with E-state index < -0.39 is 0 Å². The minimum Gasteiger partial charge on any atom is -0.383 e. The van der Waals surface area contributed by atoms with Crippen molar-refractivity contribution in [1.29, 1.82) is 0 Å². The molecule has 0 N–H and O–H groups in total. The molecule has 19 heavy (non-hydrogen) atoms. The Morgan fingerprint density at radius 1 is 1.47 bits per heavy atom. The highest BCUT2D eigenvalue weighted by Gasteiger charge is 2.09. The predicted molar refractivity (Wildman–Crippen MR) is 72.9 cm³/mol. The lowest BCUT2D eigenvalue weighted by molar-refractivity contribution is 0.184. The van der Waals surface area contributed by atoms with Gasteiger partial charge in [0.15, 0.2) is 5.16 Å². The van der Waals surface area contributed by atoms with Gasteiger partial charge in [0.2, 0.25) is 0 Å². The van der Waals surface area contributed by atoms with Crippen molar-refractivity contribution in [3.8, 4) is 0 Å². The van der Waals surface area contributed by atoms with E-state index in [9.17, 15) is 4.39 Å². The van der Waals surface area contributed by atoms with Gasteiger partial charge < -0.3 is 9.30 Å². The molecule has 0 bridgehead atoms. The number of nitrogens with zero attached hydrogens (tertiary/aromatic N) is 3. The van der Waals surface area contributed by atoms with E-state index >= 15 is 0 Å². The molecule has 2 rings (SSSR count). The third-order valence-electron chi connectivity index (χ3n) is 2.50. The van der Waals surface area contributed by atoms with Crippen molar-refractivity contribution in [1.82, 2.24) is 14.8 Å². The highest BCUT2D eigenvalue weighted by Crippen LogP contribution is 2.25. The van der Waals surface area contributed by atoms with Crippen LogP contribution in [0, 0.1) is 5.82 Å². The van der Waals surface area contributed by atoms with E-state index in [0.717, 1.165) is 5.16 Å². The maximum Gasteiger partial charge on any atom is 0.191 e. The number of halogens is 2. The summed E-state index contributed by atoms with van der Waals surface area (Å²) in [6.07, 6.45) is 1.63. The largest absolute Gasteiger partial charge is 0.383 e. The monoisotopic (exact) mass is 301 g/mol. The van der Waals surface area contributed by atoms with Crippen molar-refractivity contribution in [2.24, 2.45) is 0 Å². The van der Waals surface area contributed by atoms with Crippen LogP contribution >= 0.6 is 23.4 Å². The molecule has 0 saturated heterocycles. The van der Waals surface area contributed by atoms with Crippen LogP contribution in [-0.4, -0.2) is 28.5 Å². The van der Waals surface area contributed by atoms with Crippen LogP contribution in [0.5, 0.6) is 0 Å². The molecule has 0 radical (unpaired) electrons. The molecule has 102 valence electrons. The Morgan fingerprint density at radius 2 is 2.32 bits per heavy atom. The minimum atomic E-state index is -0.375. The topological polar surface area (TPSA) is 39.9 Å². The molecule has 0 aliphatic heterocycles. The molecule has 4 nitrogen and oxygen atoms in total. The van der Waals surface area contributed by atoms with Crippen LogP contribution < -0.4 is 0 Å². The second-order valence-corrected chi connectivity index (χ2v) is 5.15. The van der Waals surface area contributed by atoms with Crippen molar-refractivity contribution in [2.75, 3.05) is 13.7 Å². The quantitative estimate of drug-likeness (QED) is 0.769. The summed E-state index contributed by atoms with van der Waals surface area (Å²) in [5, 5.41) is 8.72. The summed E-state index contributed by atoms with van der Waals surface area (Å²) in [5.74, 6) is 0.0811. The Bertz CT molecular complexity index is 550. The van der Waals surface area contributed by atoms with Gasteiger partial charge in [0.1, 0.15) is 12.1 Å². The smallest absolute Gasteiger partial charge is 0.191 e. The van der Waals surface area contributed by atoms with Gasteiger partial charge in [0.25, 0.3) is 0 Å². The van der Waals surface area contributed by atoms with Gasteiger partial charge in [-0.15, -0.1) is 10.2 Å². The molecule has 0 saturated carbocycles. The van der Waals surface area contributed by atoms with Crippen LogP contribution in [0.25, 0.3) is 0 Å². The standard InChI is InChI=1S/C12H13ClFN3OS/c1-18-6-5-17-8-15-16-12(17)19-7-9-3-2-4-10(13)11(9)14/h2-4,8H,5-7H2,1H3. The molecule has 0 aliphatic rings. The van der Waals surface area contributed by atoms with Crippen LogP contribution in [0.2, 0.25) is 5.02 Å². The summed E-state index contributed by atoms with van der Waals surface area (Å²) in [7, 11) is 1.64. The molecule has 0 atom stereocenters. The van der Waals surface area contributed by atoms with Gasteiger partial charge in [-0.2, -0.15) is 0 Å². The van der Waals surface area contributed by atoms with E-state index in [2.05, 4.69) is 10.2 Å². The zero-order valence-electron chi connectivity index (χ0n) is 10.3. The van der Waals surface area contributed by atoms with Crippen LogP contribution in [0.4, 0.5) is 4.39 Å². The first-order chi connectivity index (χ1) is 9.22. The summed E-state index contributed by atoms with van der Waals surface area (Å²) in [4.78, 5) is 0. The average Bonchev–Trinajstić information content (AvgIpc) is 2.85. The van der Waals surface area contributed by atoms with Gasteiger partial charge in [0, 0.05) is 19.4 Å². The van der Waals surface area contributed by atoms with Crippen molar-refractivity contribution in [3.05, 3.63) is 40.9 Å². The van der Waals surface area contributed by atoms with Crippen LogP contribution in [0.15, 0.2) is 29.7 Å². The highest BCUT2D eigenvalue weighted by atomic mass is 35.5. The molecule has 0 spiro atoms. The molecule has 2 aromatic rings. The van der Waals surface area contributed by atoms with Crippen LogP contribution in [-0.2, 0) is 17.0 Å². The van der Waals surface area contributed by atoms with Crippen molar-refractivity contribution < 1.29 is 9.13 Å². The normalized spacial score (nSPS) is 10.9. The van der Waals surface area contributed by atoms with Crippen molar-refractivity contribution in [2.45, 2.75) is 17.5 Å². The maximum atomic E-state index is 13.7. The number of hydrogen-bond acceptors (Lipinski definition) is 4. The number of rotatable bonds is 6. The van der Waals surface area contributed by atoms with E-state index in [1.807, 2.05) is 4.57 Å². The zero-order chi connectivity index (χ0) is 13.7. The molecule has 0 unspecified atom stereocenters. The molecule has 1 heterocycles. The summed E-state index contributed by atoms with van der Waals surface area (Å²) in [6, 6.07) is 4.98. The predicted octanol–water partition coefficient (Wildman–Crippen LogP) is 3.01. The summed E-state index contributed by atoms with van der Waals surface area (Å²) in [6.45, 7) is 1.25.